The monoisotopic (exact) mass is 458 g/mol. The Labute approximate surface area is 178 Å². The Morgan fingerprint density at radius 3 is 2.62 bits per heavy atom. The van der Waals surface area contributed by atoms with Crippen molar-refractivity contribution < 1.29 is 19.1 Å². The predicted molar refractivity (Wildman–Crippen MR) is 113 cm³/mol. The summed E-state index contributed by atoms with van der Waals surface area (Å²) in [7, 11) is 0. The first-order chi connectivity index (χ1) is 13.8. The summed E-state index contributed by atoms with van der Waals surface area (Å²) in [6.45, 7) is 4.21. The van der Waals surface area contributed by atoms with E-state index in [1.807, 2.05) is 56.3 Å². The molecule has 1 heterocycles. The lowest BCUT2D eigenvalue weighted by atomic mass is 10.1. The van der Waals surface area contributed by atoms with Crippen LogP contribution in [0, 0.1) is 19.8 Å². The topological polar surface area (TPSA) is 75.7 Å². The van der Waals surface area contributed by atoms with Gasteiger partial charge in [0, 0.05) is 29.7 Å². The Morgan fingerprint density at radius 2 is 1.90 bits per heavy atom. The molecule has 1 saturated heterocycles. The molecule has 29 heavy (non-hydrogen) atoms. The number of halogens is 1. The fraction of sp³-hybridized carbons (Fsp3) is 0.318. The van der Waals surface area contributed by atoms with Crippen LogP contribution in [0.3, 0.4) is 0 Å². The summed E-state index contributed by atoms with van der Waals surface area (Å²) >= 11 is 3.45. The van der Waals surface area contributed by atoms with Crippen molar-refractivity contribution in [3.05, 3.63) is 63.6 Å². The second kappa shape index (κ2) is 9.22. The Bertz CT molecular complexity index is 930. The van der Waals surface area contributed by atoms with Gasteiger partial charge in [-0.25, -0.2) is 0 Å². The molecule has 1 aliphatic rings. The molecule has 1 fully saturated rings. The van der Waals surface area contributed by atoms with Gasteiger partial charge >= 0.3 is 5.97 Å². The van der Waals surface area contributed by atoms with Crippen LogP contribution in [0.2, 0.25) is 0 Å². The van der Waals surface area contributed by atoms with Crippen molar-refractivity contribution in [1.82, 2.24) is 4.90 Å². The van der Waals surface area contributed by atoms with Crippen molar-refractivity contribution in [2.24, 2.45) is 5.92 Å². The molecule has 0 saturated carbocycles. The van der Waals surface area contributed by atoms with Crippen LogP contribution in [0.15, 0.2) is 46.9 Å². The number of benzene rings is 2. The van der Waals surface area contributed by atoms with E-state index in [0.717, 1.165) is 21.2 Å². The Hall–Kier alpha value is -2.67. The molecule has 0 aromatic heterocycles. The molecular formula is C22H23BrN2O4. The summed E-state index contributed by atoms with van der Waals surface area (Å²) in [4.78, 5) is 38.3. The van der Waals surface area contributed by atoms with Crippen LogP contribution in [0.25, 0.3) is 0 Å². The van der Waals surface area contributed by atoms with Gasteiger partial charge in [0.1, 0.15) is 0 Å². The van der Waals surface area contributed by atoms with Gasteiger partial charge in [-0.15, -0.1) is 0 Å². The molecule has 3 rings (SSSR count). The van der Waals surface area contributed by atoms with Crippen LogP contribution in [0.4, 0.5) is 5.69 Å². The second-order valence-electron chi connectivity index (χ2n) is 7.23. The number of esters is 1. The van der Waals surface area contributed by atoms with Crippen LogP contribution in [0.5, 0.6) is 0 Å². The molecule has 0 spiro atoms. The molecule has 0 aliphatic carbocycles. The number of aryl methyl sites for hydroxylation is 2. The summed E-state index contributed by atoms with van der Waals surface area (Å²) < 4.78 is 6.12. The Balaban J connectivity index is 1.50. The number of hydrogen-bond acceptors (Lipinski definition) is 4. The lowest BCUT2D eigenvalue weighted by molar-refractivity contribution is -0.151. The lowest BCUT2D eigenvalue weighted by Crippen LogP contribution is -2.28. The molecular weight excluding hydrogens is 436 g/mol. The zero-order valence-electron chi connectivity index (χ0n) is 16.4. The molecule has 0 bridgehead atoms. The molecule has 2 aromatic carbocycles. The number of rotatable bonds is 6. The average molecular weight is 459 g/mol. The number of anilines is 1. The highest BCUT2D eigenvalue weighted by Crippen LogP contribution is 2.25. The molecule has 1 N–H and O–H groups in total. The highest BCUT2D eigenvalue weighted by atomic mass is 79.9. The van der Waals surface area contributed by atoms with Gasteiger partial charge in [0.15, 0.2) is 6.61 Å². The van der Waals surface area contributed by atoms with E-state index in [-0.39, 0.29) is 18.9 Å². The first-order valence-electron chi connectivity index (χ1n) is 9.38. The summed E-state index contributed by atoms with van der Waals surface area (Å²) in [6.07, 6.45) is 0.109. The third kappa shape index (κ3) is 5.44. The van der Waals surface area contributed by atoms with E-state index < -0.39 is 17.8 Å². The zero-order valence-corrected chi connectivity index (χ0v) is 18.0. The quantitative estimate of drug-likeness (QED) is 0.670. The minimum absolute atomic E-state index is 0.0822. The minimum Gasteiger partial charge on any atom is -0.455 e. The number of carbonyl (C=O) groups is 3. The molecule has 2 amide bonds. The van der Waals surface area contributed by atoms with Crippen molar-refractivity contribution >= 4 is 39.4 Å². The number of likely N-dealkylation sites (tertiary alicyclic amines) is 1. The van der Waals surface area contributed by atoms with Gasteiger partial charge in [-0.05, 0) is 42.7 Å². The summed E-state index contributed by atoms with van der Waals surface area (Å²) in [5.74, 6) is -1.56. The van der Waals surface area contributed by atoms with E-state index in [9.17, 15) is 14.4 Å². The predicted octanol–water partition coefficient (Wildman–Crippen LogP) is 3.60. The standard InChI is InChI=1S/C22H23BrN2O4/c1-14-9-19(15(2)8-18(14)23)24-20(26)13-29-22(28)17-10-21(27)25(12-17)11-16-6-4-3-5-7-16/h3-9,17H,10-13H2,1-2H3,(H,24,26)/t17-/m0/s1. The van der Waals surface area contributed by atoms with Crippen LogP contribution in [0.1, 0.15) is 23.1 Å². The van der Waals surface area contributed by atoms with Crippen LogP contribution < -0.4 is 5.32 Å². The average Bonchev–Trinajstić information content (AvgIpc) is 3.05. The minimum atomic E-state index is -0.546. The third-order valence-electron chi connectivity index (χ3n) is 4.89. The van der Waals surface area contributed by atoms with Crippen LogP contribution >= 0.6 is 15.9 Å². The van der Waals surface area contributed by atoms with Crippen LogP contribution in [-0.2, 0) is 25.7 Å². The second-order valence-corrected chi connectivity index (χ2v) is 8.09. The number of amides is 2. The van der Waals surface area contributed by atoms with Crippen LogP contribution in [-0.4, -0.2) is 35.8 Å². The van der Waals surface area contributed by atoms with E-state index in [4.69, 9.17) is 4.74 Å². The van der Waals surface area contributed by atoms with E-state index in [1.54, 1.807) is 4.90 Å². The lowest BCUT2D eigenvalue weighted by Gasteiger charge is -2.16. The van der Waals surface area contributed by atoms with E-state index in [2.05, 4.69) is 21.2 Å². The van der Waals surface area contributed by atoms with E-state index in [1.165, 1.54) is 0 Å². The zero-order chi connectivity index (χ0) is 21.0. The highest BCUT2D eigenvalue weighted by molar-refractivity contribution is 9.10. The SMILES string of the molecule is Cc1cc(NC(=O)COC(=O)[C@H]2CC(=O)N(Cc3ccccc3)C2)c(C)cc1Br. The van der Waals surface area contributed by atoms with Crippen molar-refractivity contribution in [3.63, 3.8) is 0 Å². The first-order valence-corrected chi connectivity index (χ1v) is 10.2. The van der Waals surface area contributed by atoms with Gasteiger partial charge < -0.3 is 15.0 Å². The first kappa shape index (κ1) is 21.0. The summed E-state index contributed by atoms with van der Waals surface area (Å²) in [5.41, 5.74) is 3.58. The summed E-state index contributed by atoms with van der Waals surface area (Å²) in [5, 5.41) is 2.76. The summed E-state index contributed by atoms with van der Waals surface area (Å²) in [6, 6.07) is 13.4. The Kier molecular flexibility index (Phi) is 6.69. The Morgan fingerprint density at radius 1 is 1.17 bits per heavy atom. The number of carbonyl (C=O) groups excluding carboxylic acids is 3. The van der Waals surface area contributed by atoms with Crippen molar-refractivity contribution in [2.45, 2.75) is 26.8 Å². The number of ether oxygens (including phenoxy) is 1. The largest absolute Gasteiger partial charge is 0.455 e. The number of nitrogens with one attached hydrogen (secondary N) is 1. The molecule has 0 radical (unpaired) electrons. The smallest absolute Gasteiger partial charge is 0.311 e. The molecule has 1 atom stereocenters. The van der Waals surface area contributed by atoms with Gasteiger partial charge in [-0.2, -0.15) is 0 Å². The highest BCUT2D eigenvalue weighted by Gasteiger charge is 2.35. The maximum Gasteiger partial charge on any atom is 0.311 e. The van der Waals surface area contributed by atoms with Gasteiger partial charge in [0.2, 0.25) is 5.91 Å². The van der Waals surface area contributed by atoms with Crippen molar-refractivity contribution in [2.75, 3.05) is 18.5 Å². The van der Waals surface area contributed by atoms with Gasteiger partial charge in [0.05, 0.1) is 5.92 Å². The number of hydrogen-bond donors (Lipinski definition) is 1. The maximum atomic E-state index is 12.3. The molecule has 2 aromatic rings. The fourth-order valence-corrected chi connectivity index (χ4v) is 3.70. The van der Waals surface area contributed by atoms with Crippen molar-refractivity contribution in [3.8, 4) is 0 Å². The van der Waals surface area contributed by atoms with Gasteiger partial charge in [0.25, 0.3) is 5.91 Å². The fourth-order valence-electron chi connectivity index (χ4n) is 3.24. The maximum absolute atomic E-state index is 12.3. The molecule has 6 nitrogen and oxygen atoms in total. The normalized spacial score (nSPS) is 16.0. The molecule has 7 heteroatoms. The van der Waals surface area contributed by atoms with Gasteiger partial charge in [-0.1, -0.05) is 46.3 Å². The van der Waals surface area contributed by atoms with E-state index in [0.29, 0.717) is 18.8 Å². The van der Waals surface area contributed by atoms with Crippen molar-refractivity contribution in [1.29, 1.82) is 0 Å². The third-order valence-corrected chi connectivity index (χ3v) is 5.74. The molecule has 1 aliphatic heterocycles. The van der Waals surface area contributed by atoms with Gasteiger partial charge in [-0.3, -0.25) is 14.4 Å². The number of nitrogens with zero attached hydrogens (tertiary/aromatic N) is 1. The molecule has 152 valence electrons. The molecule has 0 unspecified atom stereocenters. The van der Waals surface area contributed by atoms with E-state index >= 15 is 0 Å².